The van der Waals surface area contributed by atoms with Crippen molar-refractivity contribution in [3.05, 3.63) is 47.6 Å². The number of hydrogen-bond donors (Lipinski definition) is 1. The number of amides is 2. The number of rotatable bonds is 4. The molecule has 2 aliphatic rings. The van der Waals surface area contributed by atoms with Crippen molar-refractivity contribution in [3.63, 3.8) is 0 Å². The van der Waals surface area contributed by atoms with Crippen LogP contribution in [-0.2, 0) is 9.59 Å². The van der Waals surface area contributed by atoms with Crippen LogP contribution in [0.4, 0.5) is 17.2 Å². The summed E-state index contributed by atoms with van der Waals surface area (Å²) >= 11 is 5.90. The van der Waals surface area contributed by atoms with E-state index in [9.17, 15) is 9.59 Å². The summed E-state index contributed by atoms with van der Waals surface area (Å²) < 4.78 is 0. The highest BCUT2D eigenvalue weighted by Crippen LogP contribution is 2.31. The first-order valence-electron chi connectivity index (χ1n) is 9.68. The standard InChI is InChI=1S/C21H23ClN4O2/c22-16-7-8-19(23-14-16)25-12-9-15(10-13-25)21(28)24-17-4-1-2-5-18(17)26-11-3-6-20(26)27/h1-2,4-5,7-8,14-15H,3,6,9-13H2,(H,24,28). The van der Waals surface area contributed by atoms with E-state index in [1.807, 2.05) is 36.4 Å². The van der Waals surface area contributed by atoms with Crippen molar-refractivity contribution in [1.29, 1.82) is 0 Å². The normalized spacial score (nSPS) is 17.8. The molecule has 0 radical (unpaired) electrons. The molecule has 2 saturated heterocycles. The Morgan fingerprint density at radius 1 is 1.11 bits per heavy atom. The zero-order valence-corrected chi connectivity index (χ0v) is 16.4. The molecule has 0 aliphatic carbocycles. The number of aromatic nitrogens is 1. The molecule has 1 N–H and O–H groups in total. The molecule has 0 spiro atoms. The number of pyridine rings is 1. The molecule has 6 nitrogen and oxygen atoms in total. The number of benzene rings is 1. The lowest BCUT2D eigenvalue weighted by Gasteiger charge is -2.32. The maximum absolute atomic E-state index is 12.8. The van der Waals surface area contributed by atoms with E-state index in [1.54, 1.807) is 11.1 Å². The average molecular weight is 399 g/mol. The molecule has 146 valence electrons. The van der Waals surface area contributed by atoms with Crippen molar-refractivity contribution >= 4 is 40.6 Å². The number of para-hydroxylation sites is 2. The Labute approximate surface area is 169 Å². The van der Waals surface area contributed by atoms with Gasteiger partial charge in [0, 0.05) is 38.2 Å². The fourth-order valence-corrected chi connectivity index (χ4v) is 3.99. The van der Waals surface area contributed by atoms with Gasteiger partial charge in [0.25, 0.3) is 0 Å². The topological polar surface area (TPSA) is 65.5 Å². The first kappa shape index (κ1) is 18.7. The van der Waals surface area contributed by atoms with Crippen LogP contribution in [0.2, 0.25) is 5.02 Å². The fourth-order valence-electron chi connectivity index (χ4n) is 3.88. The first-order valence-corrected chi connectivity index (χ1v) is 10.1. The van der Waals surface area contributed by atoms with E-state index in [4.69, 9.17) is 11.6 Å². The molecular weight excluding hydrogens is 376 g/mol. The summed E-state index contributed by atoms with van der Waals surface area (Å²) in [6, 6.07) is 11.3. The first-order chi connectivity index (χ1) is 13.6. The summed E-state index contributed by atoms with van der Waals surface area (Å²) in [4.78, 5) is 33.2. The monoisotopic (exact) mass is 398 g/mol. The van der Waals surface area contributed by atoms with Crippen LogP contribution in [0.1, 0.15) is 25.7 Å². The van der Waals surface area contributed by atoms with Gasteiger partial charge in [0.05, 0.1) is 16.4 Å². The summed E-state index contributed by atoms with van der Waals surface area (Å²) in [5.74, 6) is 0.973. The third kappa shape index (κ3) is 3.97. The van der Waals surface area contributed by atoms with Crippen molar-refractivity contribution in [2.24, 2.45) is 5.92 Å². The van der Waals surface area contributed by atoms with Crippen LogP contribution in [0.25, 0.3) is 0 Å². The molecule has 0 unspecified atom stereocenters. The maximum Gasteiger partial charge on any atom is 0.227 e. The van der Waals surface area contributed by atoms with Gasteiger partial charge in [-0.1, -0.05) is 23.7 Å². The molecule has 2 fully saturated rings. The predicted molar refractivity (Wildman–Crippen MR) is 111 cm³/mol. The number of nitrogens with zero attached hydrogens (tertiary/aromatic N) is 3. The quantitative estimate of drug-likeness (QED) is 0.852. The number of piperidine rings is 1. The average Bonchev–Trinajstić information content (AvgIpc) is 3.15. The fraction of sp³-hybridized carbons (Fsp3) is 0.381. The van der Waals surface area contributed by atoms with E-state index in [2.05, 4.69) is 15.2 Å². The highest BCUT2D eigenvalue weighted by atomic mass is 35.5. The zero-order valence-electron chi connectivity index (χ0n) is 15.6. The van der Waals surface area contributed by atoms with Gasteiger partial charge in [0.15, 0.2) is 0 Å². The summed E-state index contributed by atoms with van der Waals surface area (Å²) in [7, 11) is 0. The van der Waals surface area contributed by atoms with Crippen LogP contribution in [0.5, 0.6) is 0 Å². The molecule has 0 bridgehead atoms. The summed E-state index contributed by atoms with van der Waals surface area (Å²) in [5, 5.41) is 3.67. The Kier molecular flexibility index (Phi) is 5.48. The second kappa shape index (κ2) is 8.19. The van der Waals surface area contributed by atoms with Gasteiger partial charge in [-0.3, -0.25) is 9.59 Å². The van der Waals surface area contributed by atoms with Crippen LogP contribution in [0, 0.1) is 5.92 Å². The number of hydrogen-bond acceptors (Lipinski definition) is 4. The summed E-state index contributed by atoms with van der Waals surface area (Å²) in [6.07, 6.45) is 4.60. The van der Waals surface area contributed by atoms with Gasteiger partial charge < -0.3 is 15.1 Å². The number of carbonyl (C=O) groups excluding carboxylic acids is 2. The van der Waals surface area contributed by atoms with E-state index in [0.717, 1.165) is 43.9 Å². The van der Waals surface area contributed by atoms with Crippen LogP contribution in [0.15, 0.2) is 42.6 Å². The molecular formula is C21H23ClN4O2. The van der Waals surface area contributed by atoms with Crippen molar-refractivity contribution in [2.75, 3.05) is 34.8 Å². The van der Waals surface area contributed by atoms with Gasteiger partial charge in [-0.15, -0.1) is 0 Å². The SMILES string of the molecule is O=C(Nc1ccccc1N1CCCC1=O)C1CCN(c2ccc(Cl)cn2)CC1. The highest BCUT2D eigenvalue weighted by Gasteiger charge is 2.28. The third-order valence-corrected chi connectivity index (χ3v) is 5.65. The maximum atomic E-state index is 12.8. The van der Waals surface area contributed by atoms with Gasteiger partial charge >= 0.3 is 0 Å². The van der Waals surface area contributed by atoms with E-state index < -0.39 is 0 Å². The Morgan fingerprint density at radius 3 is 2.57 bits per heavy atom. The second-order valence-corrected chi connectivity index (χ2v) is 7.69. The third-order valence-electron chi connectivity index (χ3n) is 5.43. The zero-order chi connectivity index (χ0) is 19.5. The lowest BCUT2D eigenvalue weighted by molar-refractivity contribution is -0.120. The Morgan fingerprint density at radius 2 is 1.89 bits per heavy atom. The number of halogens is 1. The molecule has 7 heteroatoms. The minimum Gasteiger partial charge on any atom is -0.357 e. The number of carbonyl (C=O) groups is 2. The van der Waals surface area contributed by atoms with E-state index in [-0.39, 0.29) is 17.7 Å². The molecule has 2 aromatic rings. The van der Waals surface area contributed by atoms with E-state index in [1.165, 1.54) is 0 Å². The molecule has 0 atom stereocenters. The van der Waals surface area contributed by atoms with Crippen LogP contribution < -0.4 is 15.1 Å². The molecule has 28 heavy (non-hydrogen) atoms. The van der Waals surface area contributed by atoms with Gasteiger partial charge in [0.1, 0.15) is 5.82 Å². The minimum absolute atomic E-state index is 0.0165. The highest BCUT2D eigenvalue weighted by molar-refractivity contribution is 6.30. The van der Waals surface area contributed by atoms with Crippen LogP contribution in [-0.4, -0.2) is 36.4 Å². The van der Waals surface area contributed by atoms with Gasteiger partial charge in [-0.2, -0.15) is 0 Å². The molecule has 0 saturated carbocycles. The van der Waals surface area contributed by atoms with Crippen molar-refractivity contribution in [1.82, 2.24) is 4.98 Å². The molecule has 2 amide bonds. The predicted octanol–water partition coefficient (Wildman–Crippen LogP) is 3.72. The number of anilines is 3. The molecule has 2 aliphatic heterocycles. The largest absolute Gasteiger partial charge is 0.357 e. The van der Waals surface area contributed by atoms with Gasteiger partial charge in [0.2, 0.25) is 11.8 Å². The van der Waals surface area contributed by atoms with Crippen molar-refractivity contribution < 1.29 is 9.59 Å². The second-order valence-electron chi connectivity index (χ2n) is 7.25. The van der Waals surface area contributed by atoms with Gasteiger partial charge in [-0.05, 0) is 43.5 Å². The minimum atomic E-state index is -0.0501. The van der Waals surface area contributed by atoms with E-state index >= 15 is 0 Å². The molecule has 4 rings (SSSR count). The molecule has 3 heterocycles. The lowest BCUT2D eigenvalue weighted by Crippen LogP contribution is -2.38. The Bertz CT molecular complexity index is 863. The molecule has 1 aromatic heterocycles. The molecule has 1 aromatic carbocycles. The number of nitrogens with one attached hydrogen (secondary N) is 1. The van der Waals surface area contributed by atoms with Crippen molar-refractivity contribution in [2.45, 2.75) is 25.7 Å². The Balaban J connectivity index is 1.39. The smallest absolute Gasteiger partial charge is 0.227 e. The van der Waals surface area contributed by atoms with Gasteiger partial charge in [-0.25, -0.2) is 4.98 Å². The van der Waals surface area contributed by atoms with Crippen molar-refractivity contribution in [3.8, 4) is 0 Å². The summed E-state index contributed by atoms with van der Waals surface area (Å²) in [5.41, 5.74) is 1.51. The lowest BCUT2D eigenvalue weighted by atomic mass is 9.95. The Hall–Kier alpha value is -2.60. The van der Waals surface area contributed by atoms with Crippen LogP contribution >= 0.6 is 11.6 Å². The van der Waals surface area contributed by atoms with E-state index in [0.29, 0.717) is 23.7 Å². The van der Waals surface area contributed by atoms with Crippen LogP contribution in [0.3, 0.4) is 0 Å². The summed E-state index contributed by atoms with van der Waals surface area (Å²) in [6.45, 7) is 2.26.